The highest BCUT2D eigenvalue weighted by Crippen LogP contribution is 2.55. The molecule has 0 N–H and O–H groups in total. The van der Waals surface area contributed by atoms with Crippen LogP contribution in [0.5, 0.6) is 11.5 Å². The molecule has 2 heterocycles. The zero-order valence-electron chi connectivity index (χ0n) is 18.8. The first-order chi connectivity index (χ1) is 16.2. The summed E-state index contributed by atoms with van der Waals surface area (Å²) in [7, 11) is 1.71. The molecule has 3 nitrogen and oxygen atoms in total. The Bertz CT molecular complexity index is 1320. The van der Waals surface area contributed by atoms with Crippen molar-refractivity contribution in [2.24, 2.45) is 4.99 Å². The molecule has 2 aliphatic rings. The van der Waals surface area contributed by atoms with Crippen molar-refractivity contribution in [1.82, 2.24) is 0 Å². The minimum Gasteiger partial charge on any atom is -0.496 e. The molecule has 2 aliphatic heterocycles. The molecule has 3 heteroatoms. The predicted molar refractivity (Wildman–Crippen MR) is 132 cm³/mol. The van der Waals surface area contributed by atoms with Crippen molar-refractivity contribution in [2.45, 2.75) is 18.3 Å². The fourth-order valence-corrected chi connectivity index (χ4v) is 5.45. The van der Waals surface area contributed by atoms with Gasteiger partial charge in [0, 0.05) is 23.3 Å². The molecule has 0 aromatic heterocycles. The maximum atomic E-state index is 6.38. The number of ether oxygens (including phenoxy) is 2. The second kappa shape index (κ2) is 7.63. The minimum absolute atomic E-state index is 0.0109. The summed E-state index contributed by atoms with van der Waals surface area (Å²) in [6.45, 7) is 2.62. The lowest BCUT2D eigenvalue weighted by Gasteiger charge is -2.32. The molecule has 0 amide bonds. The number of aliphatic imine (C=N–C) groups is 1. The molecule has 0 saturated heterocycles. The Morgan fingerprint density at radius 1 is 0.818 bits per heavy atom. The highest BCUT2D eigenvalue weighted by molar-refractivity contribution is 6.11. The van der Waals surface area contributed by atoms with Crippen LogP contribution in [0.25, 0.3) is 0 Å². The van der Waals surface area contributed by atoms with Crippen LogP contribution < -0.4 is 9.47 Å². The standard InChI is InChI=1S/C30H25NO2/c1-20-17-24-27(18-26(20)32-2)33-19-30(24)23-15-9-10-16-25(23)31-29(30)28(21-11-5-3-6-12-21)22-13-7-4-8-14-22/h3-18,28H,19H2,1-2H3. The van der Waals surface area contributed by atoms with Gasteiger partial charge in [-0.2, -0.15) is 0 Å². The van der Waals surface area contributed by atoms with E-state index in [2.05, 4.69) is 97.9 Å². The molecule has 4 aromatic rings. The second-order valence-corrected chi connectivity index (χ2v) is 8.78. The third-order valence-corrected chi connectivity index (χ3v) is 6.98. The summed E-state index contributed by atoms with van der Waals surface area (Å²) < 4.78 is 12.0. The van der Waals surface area contributed by atoms with E-state index in [-0.39, 0.29) is 5.92 Å². The monoisotopic (exact) mass is 431 g/mol. The summed E-state index contributed by atoms with van der Waals surface area (Å²) in [5.74, 6) is 1.73. The van der Waals surface area contributed by atoms with Crippen molar-refractivity contribution >= 4 is 11.4 Å². The average molecular weight is 432 g/mol. The summed E-state index contributed by atoms with van der Waals surface area (Å²) in [6.07, 6.45) is 0. The number of benzene rings is 4. The van der Waals surface area contributed by atoms with Crippen LogP contribution in [-0.2, 0) is 5.41 Å². The van der Waals surface area contributed by atoms with Crippen LogP contribution in [0.3, 0.4) is 0 Å². The van der Waals surface area contributed by atoms with E-state index < -0.39 is 5.41 Å². The smallest absolute Gasteiger partial charge is 0.127 e. The largest absolute Gasteiger partial charge is 0.496 e. The van der Waals surface area contributed by atoms with E-state index in [4.69, 9.17) is 14.5 Å². The third-order valence-electron chi connectivity index (χ3n) is 6.98. The van der Waals surface area contributed by atoms with Gasteiger partial charge >= 0.3 is 0 Å². The number of aryl methyl sites for hydroxylation is 1. The van der Waals surface area contributed by atoms with Crippen molar-refractivity contribution < 1.29 is 9.47 Å². The van der Waals surface area contributed by atoms with Crippen LogP contribution in [0, 0.1) is 6.92 Å². The lowest BCUT2D eigenvalue weighted by atomic mass is 9.67. The molecule has 33 heavy (non-hydrogen) atoms. The van der Waals surface area contributed by atoms with E-state index in [1.165, 1.54) is 22.3 Å². The predicted octanol–water partition coefficient (Wildman–Crippen LogP) is 6.60. The van der Waals surface area contributed by atoms with Crippen molar-refractivity contribution in [2.75, 3.05) is 13.7 Å². The fourth-order valence-electron chi connectivity index (χ4n) is 5.45. The van der Waals surface area contributed by atoms with Crippen LogP contribution in [0.2, 0.25) is 0 Å². The van der Waals surface area contributed by atoms with E-state index in [0.717, 1.165) is 28.5 Å². The van der Waals surface area contributed by atoms with Gasteiger partial charge in [-0.25, -0.2) is 0 Å². The lowest BCUT2D eigenvalue weighted by molar-refractivity contribution is 0.323. The van der Waals surface area contributed by atoms with Crippen molar-refractivity contribution in [3.63, 3.8) is 0 Å². The van der Waals surface area contributed by atoms with Crippen molar-refractivity contribution in [3.05, 3.63) is 125 Å². The van der Waals surface area contributed by atoms with E-state index in [1.54, 1.807) is 7.11 Å². The van der Waals surface area contributed by atoms with Gasteiger partial charge in [-0.1, -0.05) is 78.9 Å². The highest BCUT2D eigenvalue weighted by Gasteiger charge is 2.53. The van der Waals surface area contributed by atoms with E-state index in [1.807, 2.05) is 6.07 Å². The van der Waals surface area contributed by atoms with Crippen LogP contribution in [0.1, 0.15) is 33.7 Å². The summed E-state index contributed by atoms with van der Waals surface area (Å²) >= 11 is 0. The highest BCUT2D eigenvalue weighted by atomic mass is 16.5. The minimum atomic E-state index is -0.445. The molecule has 0 saturated carbocycles. The maximum Gasteiger partial charge on any atom is 0.127 e. The molecule has 1 atom stereocenters. The second-order valence-electron chi connectivity index (χ2n) is 8.78. The lowest BCUT2D eigenvalue weighted by Crippen LogP contribution is -2.40. The van der Waals surface area contributed by atoms with Gasteiger partial charge < -0.3 is 9.47 Å². The summed E-state index contributed by atoms with van der Waals surface area (Å²) in [4.78, 5) is 5.32. The van der Waals surface area contributed by atoms with Crippen molar-refractivity contribution in [3.8, 4) is 11.5 Å². The Morgan fingerprint density at radius 3 is 2.12 bits per heavy atom. The van der Waals surface area contributed by atoms with Crippen LogP contribution in [0.4, 0.5) is 5.69 Å². The first-order valence-electron chi connectivity index (χ1n) is 11.3. The SMILES string of the molecule is COc1cc2c(cc1C)C1(CO2)C(C(c2ccccc2)c2ccccc2)=Nc2ccccc21. The first kappa shape index (κ1) is 19.8. The quantitative estimate of drug-likeness (QED) is 0.364. The molecule has 6 rings (SSSR count). The van der Waals surface area contributed by atoms with Gasteiger partial charge in [0.2, 0.25) is 0 Å². The van der Waals surface area contributed by atoms with Gasteiger partial charge in [0.1, 0.15) is 18.1 Å². The van der Waals surface area contributed by atoms with Crippen LogP contribution in [0.15, 0.2) is 102 Å². The number of nitrogens with zero attached hydrogens (tertiary/aromatic N) is 1. The average Bonchev–Trinajstić information content (AvgIpc) is 3.39. The summed E-state index contributed by atoms with van der Waals surface area (Å²) in [6, 6.07) is 34.1. The van der Waals surface area contributed by atoms with Gasteiger partial charge in [0.25, 0.3) is 0 Å². The number of rotatable bonds is 4. The first-order valence-corrected chi connectivity index (χ1v) is 11.3. The topological polar surface area (TPSA) is 30.8 Å². The van der Waals surface area contributed by atoms with Crippen molar-refractivity contribution in [1.29, 1.82) is 0 Å². The number of para-hydroxylation sites is 1. The third kappa shape index (κ3) is 2.92. The number of hydrogen-bond acceptors (Lipinski definition) is 3. The van der Waals surface area contributed by atoms with Crippen LogP contribution >= 0.6 is 0 Å². The molecule has 4 aromatic carbocycles. The normalized spacial score (nSPS) is 18.1. The molecule has 1 spiro atoms. The molecule has 1 unspecified atom stereocenters. The van der Waals surface area contributed by atoms with Gasteiger partial charge in [-0.05, 0) is 41.3 Å². The Labute approximate surface area is 194 Å². The van der Waals surface area contributed by atoms with Gasteiger partial charge in [0.05, 0.1) is 18.2 Å². The maximum absolute atomic E-state index is 6.38. The number of hydrogen-bond donors (Lipinski definition) is 0. The van der Waals surface area contributed by atoms with Gasteiger partial charge in [-0.3, -0.25) is 4.99 Å². The Kier molecular flexibility index (Phi) is 4.58. The Balaban J connectivity index is 1.63. The number of fused-ring (bicyclic) bond motifs is 4. The molecule has 0 radical (unpaired) electrons. The summed E-state index contributed by atoms with van der Waals surface area (Å²) in [5.41, 5.74) is 7.63. The number of methoxy groups -OCH3 is 1. The zero-order valence-corrected chi connectivity index (χ0v) is 18.8. The van der Waals surface area contributed by atoms with E-state index in [0.29, 0.717) is 6.61 Å². The molecule has 0 aliphatic carbocycles. The molecular weight excluding hydrogens is 406 g/mol. The molecule has 0 fully saturated rings. The fraction of sp³-hybridized carbons (Fsp3) is 0.167. The molecule has 0 bridgehead atoms. The van der Waals surface area contributed by atoms with E-state index in [9.17, 15) is 0 Å². The van der Waals surface area contributed by atoms with E-state index >= 15 is 0 Å². The zero-order chi connectivity index (χ0) is 22.4. The Morgan fingerprint density at radius 2 is 1.45 bits per heavy atom. The Hall–Kier alpha value is -3.85. The van der Waals surface area contributed by atoms with Gasteiger partial charge in [-0.15, -0.1) is 0 Å². The van der Waals surface area contributed by atoms with Gasteiger partial charge in [0.15, 0.2) is 0 Å². The molecule has 162 valence electrons. The molecular formula is C30H25NO2. The summed E-state index contributed by atoms with van der Waals surface area (Å²) in [5, 5.41) is 0. The van der Waals surface area contributed by atoms with Crippen LogP contribution in [-0.4, -0.2) is 19.4 Å².